The molecular formula is C13H25N3O3. The van der Waals surface area contributed by atoms with Crippen LogP contribution in [0.1, 0.15) is 19.5 Å². The highest BCUT2D eigenvalue weighted by Crippen LogP contribution is 1.93. The molecule has 1 aromatic rings. The van der Waals surface area contributed by atoms with E-state index in [-0.39, 0.29) is 6.10 Å². The summed E-state index contributed by atoms with van der Waals surface area (Å²) in [6.07, 6.45) is 1.60. The zero-order valence-electron chi connectivity index (χ0n) is 12.0. The molecular weight excluding hydrogens is 246 g/mol. The highest BCUT2D eigenvalue weighted by Gasteiger charge is 2.04. The van der Waals surface area contributed by atoms with Gasteiger partial charge in [-0.1, -0.05) is 0 Å². The minimum Gasteiger partial charge on any atom is -0.389 e. The van der Waals surface area contributed by atoms with Crippen molar-refractivity contribution in [3.8, 4) is 0 Å². The van der Waals surface area contributed by atoms with Crippen LogP contribution in [0.3, 0.4) is 0 Å². The monoisotopic (exact) mass is 271 g/mol. The minimum atomic E-state index is -0.511. The maximum atomic E-state index is 9.69. The largest absolute Gasteiger partial charge is 0.389 e. The van der Waals surface area contributed by atoms with E-state index in [4.69, 9.17) is 9.47 Å². The molecule has 1 atom stereocenters. The Morgan fingerprint density at radius 2 is 2.21 bits per heavy atom. The molecule has 0 bridgehead atoms. The van der Waals surface area contributed by atoms with E-state index in [2.05, 4.69) is 10.4 Å². The van der Waals surface area contributed by atoms with E-state index >= 15 is 0 Å². The summed E-state index contributed by atoms with van der Waals surface area (Å²) in [4.78, 5) is 0. The van der Waals surface area contributed by atoms with E-state index in [0.717, 1.165) is 5.69 Å². The lowest BCUT2D eigenvalue weighted by atomic mass is 10.3. The summed E-state index contributed by atoms with van der Waals surface area (Å²) in [6.45, 7) is 6.49. The van der Waals surface area contributed by atoms with Crippen molar-refractivity contribution in [2.24, 2.45) is 7.05 Å². The standard InChI is InChI=1S/C13H25N3O3/c1-11(2)19-7-6-18-10-13(17)9-14-8-12-4-5-16(3)15-12/h4-5,11,13-14,17H,6-10H2,1-3H3. The first-order valence-corrected chi connectivity index (χ1v) is 6.64. The number of aromatic nitrogens is 2. The number of hydrogen-bond acceptors (Lipinski definition) is 5. The summed E-state index contributed by atoms with van der Waals surface area (Å²) >= 11 is 0. The van der Waals surface area contributed by atoms with Gasteiger partial charge in [0.15, 0.2) is 0 Å². The zero-order chi connectivity index (χ0) is 14.1. The number of nitrogens with one attached hydrogen (secondary N) is 1. The molecule has 6 heteroatoms. The van der Waals surface area contributed by atoms with Gasteiger partial charge >= 0.3 is 0 Å². The topological polar surface area (TPSA) is 68.5 Å². The van der Waals surface area contributed by atoms with E-state index in [1.807, 2.05) is 33.2 Å². The van der Waals surface area contributed by atoms with E-state index in [0.29, 0.717) is 32.9 Å². The Hall–Kier alpha value is -0.950. The summed E-state index contributed by atoms with van der Waals surface area (Å²) in [6, 6.07) is 1.94. The summed E-state index contributed by atoms with van der Waals surface area (Å²) in [5, 5.41) is 17.1. The third-order valence-electron chi connectivity index (χ3n) is 2.44. The summed E-state index contributed by atoms with van der Waals surface area (Å²) in [5.41, 5.74) is 0.959. The molecule has 110 valence electrons. The molecule has 0 saturated heterocycles. The lowest BCUT2D eigenvalue weighted by Gasteiger charge is -2.12. The summed E-state index contributed by atoms with van der Waals surface area (Å²) in [7, 11) is 1.88. The number of hydrogen-bond donors (Lipinski definition) is 2. The van der Waals surface area contributed by atoms with Gasteiger partial charge in [0.1, 0.15) is 0 Å². The van der Waals surface area contributed by atoms with Gasteiger partial charge in [-0.3, -0.25) is 4.68 Å². The predicted octanol–water partition coefficient (Wildman–Crippen LogP) is 0.312. The second-order valence-corrected chi connectivity index (χ2v) is 4.76. The van der Waals surface area contributed by atoms with Crippen molar-refractivity contribution in [2.75, 3.05) is 26.4 Å². The van der Waals surface area contributed by atoms with Crippen LogP contribution in [-0.4, -0.2) is 53.5 Å². The lowest BCUT2D eigenvalue weighted by molar-refractivity contribution is -0.0100. The van der Waals surface area contributed by atoms with Crippen molar-refractivity contribution in [2.45, 2.75) is 32.6 Å². The number of rotatable bonds is 10. The van der Waals surface area contributed by atoms with Gasteiger partial charge in [0, 0.05) is 26.3 Å². The first-order valence-electron chi connectivity index (χ1n) is 6.64. The average molecular weight is 271 g/mol. The molecule has 1 aromatic heterocycles. The fourth-order valence-corrected chi connectivity index (χ4v) is 1.55. The third-order valence-corrected chi connectivity index (χ3v) is 2.44. The van der Waals surface area contributed by atoms with Gasteiger partial charge in [0.25, 0.3) is 0 Å². The maximum absolute atomic E-state index is 9.69. The molecule has 0 saturated carbocycles. The second kappa shape index (κ2) is 9.03. The van der Waals surface area contributed by atoms with Gasteiger partial charge in [0.05, 0.1) is 37.7 Å². The first-order chi connectivity index (χ1) is 9.08. The van der Waals surface area contributed by atoms with Gasteiger partial charge in [0.2, 0.25) is 0 Å². The molecule has 1 heterocycles. The Morgan fingerprint density at radius 3 is 2.84 bits per heavy atom. The highest BCUT2D eigenvalue weighted by molar-refractivity contribution is 4.97. The van der Waals surface area contributed by atoms with Crippen LogP contribution in [0.15, 0.2) is 12.3 Å². The van der Waals surface area contributed by atoms with Crippen LogP contribution in [0, 0.1) is 0 Å². The Morgan fingerprint density at radius 1 is 1.42 bits per heavy atom. The van der Waals surface area contributed by atoms with E-state index in [1.54, 1.807) is 4.68 Å². The fraction of sp³-hybridized carbons (Fsp3) is 0.769. The smallest absolute Gasteiger partial charge is 0.0897 e. The van der Waals surface area contributed by atoms with E-state index < -0.39 is 6.10 Å². The van der Waals surface area contributed by atoms with Crippen molar-refractivity contribution in [1.29, 1.82) is 0 Å². The van der Waals surface area contributed by atoms with Crippen molar-refractivity contribution in [3.63, 3.8) is 0 Å². The van der Waals surface area contributed by atoms with Crippen molar-refractivity contribution < 1.29 is 14.6 Å². The molecule has 0 aromatic carbocycles. The number of aryl methyl sites for hydroxylation is 1. The van der Waals surface area contributed by atoms with Crippen LogP contribution in [0.25, 0.3) is 0 Å². The molecule has 0 aliphatic carbocycles. The van der Waals surface area contributed by atoms with Crippen LogP contribution in [0.5, 0.6) is 0 Å². The molecule has 1 rings (SSSR count). The number of nitrogens with zero attached hydrogens (tertiary/aromatic N) is 2. The van der Waals surface area contributed by atoms with E-state index in [1.165, 1.54) is 0 Å². The molecule has 0 fully saturated rings. The molecule has 6 nitrogen and oxygen atoms in total. The summed E-state index contributed by atoms with van der Waals surface area (Å²) < 4.78 is 12.4. The van der Waals surface area contributed by atoms with Gasteiger partial charge in [-0.05, 0) is 19.9 Å². The number of aliphatic hydroxyl groups is 1. The quantitative estimate of drug-likeness (QED) is 0.600. The number of aliphatic hydroxyl groups excluding tert-OH is 1. The average Bonchev–Trinajstić information content (AvgIpc) is 2.74. The Labute approximate surface area is 114 Å². The molecule has 0 aliphatic rings. The molecule has 2 N–H and O–H groups in total. The molecule has 0 aliphatic heterocycles. The molecule has 19 heavy (non-hydrogen) atoms. The SMILES string of the molecule is CC(C)OCCOCC(O)CNCc1ccn(C)n1. The molecule has 1 unspecified atom stereocenters. The highest BCUT2D eigenvalue weighted by atomic mass is 16.5. The fourth-order valence-electron chi connectivity index (χ4n) is 1.55. The van der Waals surface area contributed by atoms with Crippen LogP contribution >= 0.6 is 0 Å². The van der Waals surface area contributed by atoms with Gasteiger partial charge in [-0.25, -0.2) is 0 Å². The minimum absolute atomic E-state index is 0.216. The second-order valence-electron chi connectivity index (χ2n) is 4.76. The van der Waals surface area contributed by atoms with Crippen LogP contribution in [-0.2, 0) is 23.1 Å². The Kier molecular flexibility index (Phi) is 7.66. The van der Waals surface area contributed by atoms with Gasteiger partial charge in [-0.2, -0.15) is 5.10 Å². The van der Waals surface area contributed by atoms with Crippen LogP contribution < -0.4 is 5.32 Å². The normalized spacial score (nSPS) is 13.1. The Bertz CT molecular complexity index is 342. The van der Waals surface area contributed by atoms with Crippen molar-refractivity contribution >= 4 is 0 Å². The predicted molar refractivity (Wildman–Crippen MR) is 72.8 cm³/mol. The molecule has 0 radical (unpaired) electrons. The number of ether oxygens (including phenoxy) is 2. The van der Waals surface area contributed by atoms with Gasteiger partial charge in [-0.15, -0.1) is 0 Å². The maximum Gasteiger partial charge on any atom is 0.0897 e. The van der Waals surface area contributed by atoms with Crippen molar-refractivity contribution in [1.82, 2.24) is 15.1 Å². The van der Waals surface area contributed by atoms with Crippen molar-refractivity contribution in [3.05, 3.63) is 18.0 Å². The van der Waals surface area contributed by atoms with Crippen LogP contribution in [0.4, 0.5) is 0 Å². The summed E-state index contributed by atoms with van der Waals surface area (Å²) in [5.74, 6) is 0. The zero-order valence-corrected chi connectivity index (χ0v) is 12.0. The molecule has 0 spiro atoms. The van der Waals surface area contributed by atoms with Gasteiger partial charge < -0.3 is 19.9 Å². The van der Waals surface area contributed by atoms with E-state index in [9.17, 15) is 5.11 Å². The Balaban J connectivity index is 1.97. The first kappa shape index (κ1) is 16.1. The third kappa shape index (κ3) is 7.94. The van der Waals surface area contributed by atoms with Crippen LogP contribution in [0.2, 0.25) is 0 Å². The molecule has 0 amide bonds. The lowest BCUT2D eigenvalue weighted by Crippen LogP contribution is -2.30.